The molecule has 0 radical (unpaired) electrons. The molecular formula is C16H15N5O. The van der Waals surface area contributed by atoms with Gasteiger partial charge in [0.15, 0.2) is 5.82 Å². The highest BCUT2D eigenvalue weighted by atomic mass is 16.1. The smallest absolute Gasteiger partial charge is 0.225 e. The second kappa shape index (κ2) is 6.62. The minimum Gasteiger partial charge on any atom is -0.311 e. The van der Waals surface area contributed by atoms with Crippen LogP contribution in [0.2, 0.25) is 0 Å². The van der Waals surface area contributed by atoms with Crippen molar-refractivity contribution in [3.63, 3.8) is 0 Å². The Balaban J connectivity index is 1.61. The van der Waals surface area contributed by atoms with E-state index in [4.69, 9.17) is 0 Å². The monoisotopic (exact) mass is 293 g/mol. The molecule has 110 valence electrons. The van der Waals surface area contributed by atoms with Crippen molar-refractivity contribution in [3.8, 4) is 5.82 Å². The van der Waals surface area contributed by atoms with Gasteiger partial charge in [-0.05, 0) is 18.1 Å². The van der Waals surface area contributed by atoms with Crippen LogP contribution in [0.15, 0.2) is 61.2 Å². The summed E-state index contributed by atoms with van der Waals surface area (Å²) in [6, 6.07) is 13.4. The second-order valence-corrected chi connectivity index (χ2v) is 4.75. The fraction of sp³-hybridized carbons (Fsp3) is 0.125. The van der Waals surface area contributed by atoms with Crippen molar-refractivity contribution in [3.05, 3.63) is 66.7 Å². The summed E-state index contributed by atoms with van der Waals surface area (Å²) < 4.78 is 1.61. The summed E-state index contributed by atoms with van der Waals surface area (Å²) in [7, 11) is 0. The number of benzene rings is 1. The van der Waals surface area contributed by atoms with Crippen LogP contribution in [0.4, 0.5) is 5.82 Å². The Morgan fingerprint density at radius 2 is 2.00 bits per heavy atom. The van der Waals surface area contributed by atoms with Crippen molar-refractivity contribution in [2.45, 2.75) is 12.8 Å². The van der Waals surface area contributed by atoms with Crippen LogP contribution in [-0.2, 0) is 11.2 Å². The Morgan fingerprint density at radius 3 is 2.77 bits per heavy atom. The molecule has 3 rings (SSSR count). The first-order valence-corrected chi connectivity index (χ1v) is 6.97. The molecule has 1 amide bonds. The fourth-order valence-electron chi connectivity index (χ4n) is 2.05. The van der Waals surface area contributed by atoms with Gasteiger partial charge in [-0.3, -0.25) is 4.79 Å². The number of carbonyl (C=O) groups is 1. The molecule has 6 nitrogen and oxygen atoms in total. The zero-order chi connectivity index (χ0) is 15.2. The maximum atomic E-state index is 12.0. The normalized spacial score (nSPS) is 10.4. The average molecular weight is 293 g/mol. The van der Waals surface area contributed by atoms with Gasteiger partial charge < -0.3 is 5.32 Å². The molecule has 0 aliphatic carbocycles. The van der Waals surface area contributed by atoms with Crippen LogP contribution >= 0.6 is 0 Å². The van der Waals surface area contributed by atoms with Gasteiger partial charge in [0.2, 0.25) is 5.91 Å². The summed E-state index contributed by atoms with van der Waals surface area (Å²) in [5.41, 5.74) is 1.14. The molecule has 0 spiro atoms. The van der Waals surface area contributed by atoms with Crippen molar-refractivity contribution < 1.29 is 4.79 Å². The number of aromatic nitrogens is 4. The number of rotatable bonds is 5. The molecule has 0 saturated heterocycles. The van der Waals surface area contributed by atoms with Crippen molar-refractivity contribution >= 4 is 11.7 Å². The number of nitrogens with zero attached hydrogens (tertiary/aromatic N) is 4. The number of anilines is 1. The van der Waals surface area contributed by atoms with Crippen molar-refractivity contribution in [1.29, 1.82) is 0 Å². The minimum absolute atomic E-state index is 0.0750. The van der Waals surface area contributed by atoms with Crippen LogP contribution in [-0.4, -0.2) is 25.7 Å². The molecule has 6 heteroatoms. The highest BCUT2D eigenvalue weighted by Gasteiger charge is 2.06. The Kier molecular flexibility index (Phi) is 4.20. The van der Waals surface area contributed by atoms with Crippen molar-refractivity contribution in [2.24, 2.45) is 0 Å². The van der Waals surface area contributed by atoms with E-state index in [0.29, 0.717) is 24.5 Å². The first-order valence-electron chi connectivity index (χ1n) is 6.97. The molecule has 0 atom stereocenters. The zero-order valence-electron chi connectivity index (χ0n) is 11.9. The maximum Gasteiger partial charge on any atom is 0.225 e. The summed E-state index contributed by atoms with van der Waals surface area (Å²) in [6.45, 7) is 0. The van der Waals surface area contributed by atoms with Crippen LogP contribution < -0.4 is 5.32 Å². The second-order valence-electron chi connectivity index (χ2n) is 4.75. The van der Waals surface area contributed by atoms with Gasteiger partial charge >= 0.3 is 0 Å². The summed E-state index contributed by atoms with van der Waals surface area (Å²) in [4.78, 5) is 20.2. The lowest BCUT2D eigenvalue weighted by Crippen LogP contribution is -2.14. The number of carbonyl (C=O) groups excluding carboxylic acids is 1. The summed E-state index contributed by atoms with van der Waals surface area (Å²) >= 11 is 0. The highest BCUT2D eigenvalue weighted by Crippen LogP contribution is 2.09. The first kappa shape index (κ1) is 13.9. The lowest BCUT2D eigenvalue weighted by molar-refractivity contribution is -0.116. The third-order valence-corrected chi connectivity index (χ3v) is 3.14. The molecular weight excluding hydrogens is 278 g/mol. The van der Waals surface area contributed by atoms with Crippen LogP contribution in [0.25, 0.3) is 5.82 Å². The van der Waals surface area contributed by atoms with Gasteiger partial charge in [-0.2, -0.15) is 5.10 Å². The molecule has 2 heterocycles. The lowest BCUT2D eigenvalue weighted by atomic mass is 10.1. The first-order chi connectivity index (χ1) is 10.8. The third-order valence-electron chi connectivity index (χ3n) is 3.14. The SMILES string of the molecule is O=C(CCc1ccccc1)Nc1cc(-n2cccn2)ncn1. The number of hydrogen-bond acceptors (Lipinski definition) is 4. The molecule has 3 aromatic rings. The average Bonchev–Trinajstić information content (AvgIpc) is 3.09. The van der Waals surface area contributed by atoms with Gasteiger partial charge in [-0.25, -0.2) is 14.6 Å². The topological polar surface area (TPSA) is 72.7 Å². The molecule has 2 aromatic heterocycles. The largest absolute Gasteiger partial charge is 0.311 e. The van der Waals surface area contributed by atoms with Gasteiger partial charge in [0.05, 0.1) is 0 Å². The van der Waals surface area contributed by atoms with Crippen LogP contribution in [0.1, 0.15) is 12.0 Å². The van der Waals surface area contributed by atoms with E-state index < -0.39 is 0 Å². The molecule has 1 N–H and O–H groups in total. The molecule has 0 bridgehead atoms. The molecule has 0 fully saturated rings. The molecule has 0 aliphatic rings. The molecule has 1 aromatic carbocycles. The Bertz CT molecular complexity index is 740. The van der Waals surface area contributed by atoms with Gasteiger partial charge in [0.25, 0.3) is 0 Å². The maximum absolute atomic E-state index is 12.0. The standard InChI is InChI=1S/C16H15N5O/c22-16(8-7-13-5-2-1-3-6-13)20-14-11-15(18-12-17-14)21-10-4-9-19-21/h1-6,9-12H,7-8H2,(H,17,18,20,22). The molecule has 0 unspecified atom stereocenters. The van der Waals surface area contributed by atoms with E-state index in [1.54, 1.807) is 29.2 Å². The van der Waals surface area contributed by atoms with Gasteiger partial charge in [-0.1, -0.05) is 30.3 Å². The molecule has 0 saturated carbocycles. The quantitative estimate of drug-likeness (QED) is 0.783. The summed E-state index contributed by atoms with van der Waals surface area (Å²) in [5, 5.41) is 6.88. The molecule has 0 aliphatic heterocycles. The predicted octanol–water partition coefficient (Wildman–Crippen LogP) is 2.23. The van der Waals surface area contributed by atoms with Crippen molar-refractivity contribution in [2.75, 3.05) is 5.32 Å². The summed E-state index contributed by atoms with van der Waals surface area (Å²) in [6.07, 6.45) is 5.96. The number of nitrogens with one attached hydrogen (secondary N) is 1. The Morgan fingerprint density at radius 1 is 1.14 bits per heavy atom. The Hall–Kier alpha value is -3.02. The van der Waals surface area contributed by atoms with Crippen LogP contribution in [0.5, 0.6) is 0 Å². The Labute approximate surface area is 127 Å². The zero-order valence-corrected chi connectivity index (χ0v) is 11.9. The van der Waals surface area contributed by atoms with E-state index in [0.717, 1.165) is 5.56 Å². The van der Waals surface area contributed by atoms with Gasteiger partial charge in [0.1, 0.15) is 12.1 Å². The fourth-order valence-corrected chi connectivity index (χ4v) is 2.05. The lowest BCUT2D eigenvalue weighted by Gasteiger charge is -2.06. The van der Waals surface area contributed by atoms with Crippen LogP contribution in [0, 0.1) is 0 Å². The van der Waals surface area contributed by atoms with Gasteiger partial charge in [-0.15, -0.1) is 0 Å². The van der Waals surface area contributed by atoms with E-state index in [1.807, 2.05) is 30.3 Å². The number of amides is 1. The van der Waals surface area contributed by atoms with E-state index in [2.05, 4.69) is 20.4 Å². The van der Waals surface area contributed by atoms with Crippen molar-refractivity contribution in [1.82, 2.24) is 19.7 Å². The van der Waals surface area contributed by atoms with E-state index in [-0.39, 0.29) is 5.91 Å². The minimum atomic E-state index is -0.0750. The number of aryl methyl sites for hydroxylation is 1. The van der Waals surface area contributed by atoms with Crippen LogP contribution in [0.3, 0.4) is 0 Å². The molecule has 22 heavy (non-hydrogen) atoms. The number of hydrogen-bond donors (Lipinski definition) is 1. The highest BCUT2D eigenvalue weighted by molar-refractivity contribution is 5.89. The van der Waals surface area contributed by atoms with E-state index in [9.17, 15) is 4.79 Å². The predicted molar refractivity (Wildman–Crippen MR) is 82.5 cm³/mol. The van der Waals surface area contributed by atoms with E-state index >= 15 is 0 Å². The third kappa shape index (κ3) is 3.54. The summed E-state index contributed by atoms with van der Waals surface area (Å²) in [5.74, 6) is 1.01. The van der Waals surface area contributed by atoms with Gasteiger partial charge in [0, 0.05) is 24.9 Å². The van der Waals surface area contributed by atoms with E-state index in [1.165, 1.54) is 6.33 Å².